The van der Waals surface area contributed by atoms with Crippen LogP contribution in [0.3, 0.4) is 0 Å². The van der Waals surface area contributed by atoms with Gasteiger partial charge in [-0.15, -0.1) is 0 Å². The molecule has 0 saturated carbocycles. The van der Waals surface area contributed by atoms with Crippen molar-refractivity contribution in [3.8, 4) is 17.2 Å². The second kappa shape index (κ2) is 13.0. The van der Waals surface area contributed by atoms with Gasteiger partial charge in [0.1, 0.15) is 11.5 Å². The van der Waals surface area contributed by atoms with Gasteiger partial charge in [0, 0.05) is 12.1 Å². The first-order valence-corrected chi connectivity index (χ1v) is 13.3. The Bertz CT molecular complexity index is 1330. The molecular formula is C32H35NO6. The van der Waals surface area contributed by atoms with Crippen molar-refractivity contribution < 1.29 is 28.9 Å². The van der Waals surface area contributed by atoms with Crippen LogP contribution >= 0.6 is 0 Å². The molecule has 1 amide bonds. The average Bonchev–Trinajstić information content (AvgIpc) is 3.21. The molecule has 3 aromatic carbocycles. The fourth-order valence-corrected chi connectivity index (χ4v) is 4.71. The Morgan fingerprint density at radius 3 is 2.44 bits per heavy atom. The van der Waals surface area contributed by atoms with Crippen LogP contribution in [0.15, 0.2) is 78.4 Å². The molecule has 4 rings (SSSR count). The number of carbonyl (C=O) groups excluding carboxylic acids is 2. The highest BCUT2D eigenvalue weighted by molar-refractivity contribution is 6.46. The number of ketones is 1. The van der Waals surface area contributed by atoms with E-state index in [0.717, 1.165) is 18.4 Å². The summed E-state index contributed by atoms with van der Waals surface area (Å²) >= 11 is 0. The molecule has 1 atom stereocenters. The lowest BCUT2D eigenvalue weighted by Gasteiger charge is -2.26. The van der Waals surface area contributed by atoms with Gasteiger partial charge in [0.15, 0.2) is 11.5 Å². The fraction of sp³-hybridized carbons (Fsp3) is 0.312. The van der Waals surface area contributed by atoms with Crippen LogP contribution in [0.25, 0.3) is 5.76 Å². The maximum absolute atomic E-state index is 13.4. The molecule has 0 aliphatic carbocycles. The van der Waals surface area contributed by atoms with E-state index < -0.39 is 17.7 Å². The molecule has 39 heavy (non-hydrogen) atoms. The number of hydrogen-bond acceptors (Lipinski definition) is 6. The van der Waals surface area contributed by atoms with E-state index in [1.54, 1.807) is 43.5 Å². The Hall–Kier alpha value is -4.26. The molecule has 0 aromatic heterocycles. The summed E-state index contributed by atoms with van der Waals surface area (Å²) in [6.45, 7) is 5.27. The van der Waals surface area contributed by atoms with Crippen molar-refractivity contribution in [1.82, 2.24) is 4.90 Å². The van der Waals surface area contributed by atoms with Crippen LogP contribution in [0.4, 0.5) is 0 Å². The van der Waals surface area contributed by atoms with Crippen LogP contribution in [0.5, 0.6) is 17.2 Å². The summed E-state index contributed by atoms with van der Waals surface area (Å²) < 4.78 is 17.1. The number of aliphatic hydroxyl groups is 1. The van der Waals surface area contributed by atoms with Crippen LogP contribution in [0.2, 0.25) is 0 Å². The van der Waals surface area contributed by atoms with E-state index in [-0.39, 0.29) is 11.3 Å². The Morgan fingerprint density at radius 1 is 0.923 bits per heavy atom. The lowest BCUT2D eigenvalue weighted by Crippen LogP contribution is -2.31. The Morgan fingerprint density at radius 2 is 1.72 bits per heavy atom. The largest absolute Gasteiger partial charge is 0.507 e. The van der Waals surface area contributed by atoms with Gasteiger partial charge in [-0.3, -0.25) is 9.59 Å². The summed E-state index contributed by atoms with van der Waals surface area (Å²) in [5, 5.41) is 11.4. The molecule has 1 N–H and O–H groups in total. The molecular weight excluding hydrogens is 494 g/mol. The van der Waals surface area contributed by atoms with Crippen LogP contribution in [0, 0.1) is 0 Å². The van der Waals surface area contributed by atoms with E-state index in [1.807, 2.05) is 43.3 Å². The third-order valence-electron chi connectivity index (χ3n) is 6.70. The van der Waals surface area contributed by atoms with Crippen LogP contribution in [-0.2, 0) is 16.0 Å². The molecule has 204 valence electrons. The molecule has 0 bridgehead atoms. The quantitative estimate of drug-likeness (QED) is 0.135. The third-order valence-corrected chi connectivity index (χ3v) is 6.70. The first kappa shape index (κ1) is 27.8. The number of methoxy groups -OCH3 is 1. The number of Topliss-reactive ketones (excluding diaryl/α,β-unsaturated/α-hetero) is 1. The third kappa shape index (κ3) is 6.25. The topological polar surface area (TPSA) is 85.3 Å². The van der Waals surface area contributed by atoms with E-state index in [1.165, 1.54) is 4.90 Å². The standard InChI is InChI=1S/C32H35NO6/c1-4-6-19-39-26-16-15-23(21-27(26)37-3)29-28(30(34)24-13-10-14-25(20-24)38-5-2)31(35)32(36)33(29)18-17-22-11-8-7-9-12-22/h7-16,20-21,29,34H,4-6,17-19H2,1-3H3/b30-28+. The Kier molecular flexibility index (Phi) is 9.26. The summed E-state index contributed by atoms with van der Waals surface area (Å²) in [6.07, 6.45) is 2.46. The molecule has 1 heterocycles. The highest BCUT2D eigenvalue weighted by atomic mass is 16.5. The van der Waals surface area contributed by atoms with Crippen molar-refractivity contribution in [3.63, 3.8) is 0 Å². The van der Waals surface area contributed by atoms with Crippen molar-refractivity contribution in [2.75, 3.05) is 26.9 Å². The first-order valence-electron chi connectivity index (χ1n) is 13.3. The second-order valence-corrected chi connectivity index (χ2v) is 9.30. The van der Waals surface area contributed by atoms with Crippen molar-refractivity contribution in [3.05, 3.63) is 95.1 Å². The van der Waals surface area contributed by atoms with Crippen molar-refractivity contribution in [1.29, 1.82) is 0 Å². The summed E-state index contributed by atoms with van der Waals surface area (Å²) in [6, 6.07) is 21.2. The number of unbranched alkanes of at least 4 members (excludes halogenated alkanes) is 1. The van der Waals surface area contributed by atoms with Gasteiger partial charge < -0.3 is 24.2 Å². The number of ether oxygens (including phenoxy) is 3. The normalized spacial score (nSPS) is 16.4. The maximum Gasteiger partial charge on any atom is 0.295 e. The van der Waals surface area contributed by atoms with Crippen LogP contribution in [-0.4, -0.2) is 48.6 Å². The molecule has 3 aromatic rings. The van der Waals surface area contributed by atoms with Gasteiger partial charge in [-0.25, -0.2) is 0 Å². The van der Waals surface area contributed by atoms with Gasteiger partial charge in [0.2, 0.25) is 0 Å². The SMILES string of the molecule is CCCCOc1ccc(C2/C(=C(\O)c3cccc(OCC)c3)C(=O)C(=O)N2CCc2ccccc2)cc1OC. The van der Waals surface area contributed by atoms with Gasteiger partial charge in [0.25, 0.3) is 11.7 Å². The van der Waals surface area contributed by atoms with Gasteiger partial charge in [-0.1, -0.05) is 61.9 Å². The lowest BCUT2D eigenvalue weighted by atomic mass is 9.94. The van der Waals surface area contributed by atoms with Gasteiger partial charge in [-0.05, 0) is 55.2 Å². The zero-order chi connectivity index (χ0) is 27.8. The average molecular weight is 530 g/mol. The summed E-state index contributed by atoms with van der Waals surface area (Å²) in [7, 11) is 1.55. The number of hydrogen-bond donors (Lipinski definition) is 1. The molecule has 1 aliphatic rings. The fourth-order valence-electron chi connectivity index (χ4n) is 4.71. The summed E-state index contributed by atoms with van der Waals surface area (Å²) in [5.74, 6) is 0.0160. The van der Waals surface area contributed by atoms with E-state index in [4.69, 9.17) is 14.2 Å². The number of aliphatic hydroxyl groups excluding tert-OH is 1. The lowest BCUT2D eigenvalue weighted by molar-refractivity contribution is -0.139. The number of carbonyl (C=O) groups is 2. The van der Waals surface area contributed by atoms with E-state index in [9.17, 15) is 14.7 Å². The van der Waals surface area contributed by atoms with Gasteiger partial charge in [-0.2, -0.15) is 0 Å². The molecule has 1 fully saturated rings. The minimum absolute atomic E-state index is 0.0309. The molecule has 0 radical (unpaired) electrons. The first-order chi connectivity index (χ1) is 19.0. The molecule has 0 spiro atoms. The smallest absolute Gasteiger partial charge is 0.295 e. The number of benzene rings is 3. The molecule has 1 saturated heterocycles. The summed E-state index contributed by atoms with van der Waals surface area (Å²) in [4.78, 5) is 28.3. The molecule has 7 nitrogen and oxygen atoms in total. The van der Waals surface area contributed by atoms with Crippen molar-refractivity contribution in [2.24, 2.45) is 0 Å². The number of rotatable bonds is 12. The predicted octanol–water partition coefficient (Wildman–Crippen LogP) is 5.94. The Balaban J connectivity index is 1.79. The van der Waals surface area contributed by atoms with Crippen molar-refractivity contribution >= 4 is 17.4 Å². The Labute approximate surface area is 229 Å². The second-order valence-electron chi connectivity index (χ2n) is 9.30. The van der Waals surface area contributed by atoms with Gasteiger partial charge >= 0.3 is 0 Å². The highest BCUT2D eigenvalue weighted by Crippen LogP contribution is 2.42. The minimum atomic E-state index is -0.803. The zero-order valence-corrected chi connectivity index (χ0v) is 22.7. The van der Waals surface area contributed by atoms with Crippen LogP contribution in [0.1, 0.15) is 49.4 Å². The molecule has 1 unspecified atom stereocenters. The molecule has 1 aliphatic heterocycles. The van der Waals surface area contributed by atoms with E-state index >= 15 is 0 Å². The van der Waals surface area contributed by atoms with E-state index in [0.29, 0.717) is 54.6 Å². The number of amides is 1. The number of nitrogens with zero attached hydrogens (tertiary/aromatic N) is 1. The monoisotopic (exact) mass is 529 g/mol. The van der Waals surface area contributed by atoms with E-state index in [2.05, 4.69) is 6.92 Å². The predicted molar refractivity (Wildman–Crippen MR) is 150 cm³/mol. The zero-order valence-electron chi connectivity index (χ0n) is 22.7. The highest BCUT2D eigenvalue weighted by Gasteiger charge is 2.46. The number of likely N-dealkylation sites (tertiary alicyclic amines) is 1. The van der Waals surface area contributed by atoms with Crippen molar-refractivity contribution in [2.45, 2.75) is 39.2 Å². The molecule has 7 heteroatoms. The maximum atomic E-state index is 13.4. The summed E-state index contributed by atoms with van der Waals surface area (Å²) in [5.41, 5.74) is 2.12. The van der Waals surface area contributed by atoms with Gasteiger partial charge in [0.05, 0.1) is 31.9 Å². The minimum Gasteiger partial charge on any atom is -0.507 e. The van der Waals surface area contributed by atoms with Crippen LogP contribution < -0.4 is 14.2 Å².